The van der Waals surface area contributed by atoms with E-state index in [1.165, 1.54) is 16.9 Å². The smallest absolute Gasteiger partial charge is 0.412 e. The molecule has 1 amide bonds. The van der Waals surface area contributed by atoms with Gasteiger partial charge in [0.25, 0.3) is 0 Å². The number of aliphatic hydroxyl groups is 2. The van der Waals surface area contributed by atoms with Crippen LogP contribution in [0.25, 0.3) is 5.52 Å². The van der Waals surface area contributed by atoms with Crippen LogP contribution in [0.5, 0.6) is 0 Å². The number of carbonyl (C=O) groups excluding carboxylic acids is 2. The first-order valence-corrected chi connectivity index (χ1v) is 12.2. The van der Waals surface area contributed by atoms with Crippen molar-refractivity contribution in [2.75, 3.05) is 18.5 Å². The largest absolute Gasteiger partial charge is 0.456 e. The number of unbranched alkanes of at least 4 members (excludes halogenated alkanes) is 2. The lowest BCUT2D eigenvalue weighted by Crippen LogP contribution is -2.43. The molecule has 3 heterocycles. The van der Waals surface area contributed by atoms with Gasteiger partial charge in [-0.2, -0.15) is 10.4 Å². The summed E-state index contributed by atoms with van der Waals surface area (Å²) < 4.78 is 17.8. The molecule has 1 fully saturated rings. The fraction of sp³-hybridized carbons (Fsp3) is 0.625. The van der Waals surface area contributed by atoms with Crippen LogP contribution in [0.15, 0.2) is 18.5 Å². The van der Waals surface area contributed by atoms with Crippen LogP contribution in [0, 0.1) is 17.2 Å². The second-order valence-corrected chi connectivity index (χ2v) is 8.64. The summed E-state index contributed by atoms with van der Waals surface area (Å²) in [5.74, 6) is -0.787. The Kier molecular flexibility index (Phi) is 9.19. The third-order valence-electron chi connectivity index (χ3n) is 6.38. The fourth-order valence-electron chi connectivity index (χ4n) is 4.27. The lowest BCUT2D eigenvalue weighted by Gasteiger charge is -2.25. The number of fused-ring (bicyclic) bond motifs is 1. The van der Waals surface area contributed by atoms with E-state index in [0.717, 1.165) is 19.3 Å². The molecule has 0 radical (unpaired) electrons. The molecule has 2 aromatic heterocycles. The van der Waals surface area contributed by atoms with E-state index in [2.05, 4.69) is 15.4 Å². The van der Waals surface area contributed by atoms with Crippen molar-refractivity contribution in [3.05, 3.63) is 24.2 Å². The van der Waals surface area contributed by atoms with E-state index in [-0.39, 0.29) is 24.0 Å². The Hall–Kier alpha value is -3.27. The number of ether oxygens (including phenoxy) is 3. The summed E-state index contributed by atoms with van der Waals surface area (Å²) in [6.07, 6.45) is 0.222. The van der Waals surface area contributed by atoms with Gasteiger partial charge in [0, 0.05) is 0 Å². The minimum absolute atomic E-state index is 0.119. The molecule has 2 aromatic rings. The quantitative estimate of drug-likeness (QED) is 0.305. The van der Waals surface area contributed by atoms with Crippen LogP contribution in [0.2, 0.25) is 0 Å². The SMILES string of the molecule is CCCCCOC(=O)Nc1ncnn2c([C@]3(C#N)O[C@H](CO)[C@@H](OC(=O)C(CC)CC)[C@H]3O)ccc12. The third-order valence-corrected chi connectivity index (χ3v) is 6.38. The number of aromatic nitrogens is 3. The minimum atomic E-state index is -2.01. The predicted molar refractivity (Wildman–Crippen MR) is 127 cm³/mol. The van der Waals surface area contributed by atoms with Gasteiger partial charge in [-0.1, -0.05) is 33.6 Å². The molecular formula is C24H33N5O7. The summed E-state index contributed by atoms with van der Waals surface area (Å²) in [7, 11) is 0. The Morgan fingerprint density at radius 3 is 2.69 bits per heavy atom. The number of nitrogens with one attached hydrogen (secondary N) is 1. The van der Waals surface area contributed by atoms with Crippen molar-refractivity contribution >= 4 is 23.4 Å². The zero-order valence-corrected chi connectivity index (χ0v) is 20.7. The van der Waals surface area contributed by atoms with E-state index in [9.17, 15) is 25.1 Å². The monoisotopic (exact) mass is 503 g/mol. The van der Waals surface area contributed by atoms with Crippen molar-refractivity contribution in [1.82, 2.24) is 14.6 Å². The van der Waals surface area contributed by atoms with Gasteiger partial charge in [0.15, 0.2) is 11.9 Å². The average molecular weight is 504 g/mol. The van der Waals surface area contributed by atoms with E-state index in [0.29, 0.717) is 18.4 Å². The summed E-state index contributed by atoms with van der Waals surface area (Å²) in [5, 5.41) is 37.9. The van der Waals surface area contributed by atoms with E-state index >= 15 is 0 Å². The van der Waals surface area contributed by atoms with Crippen LogP contribution in [-0.4, -0.2) is 68.4 Å². The Morgan fingerprint density at radius 1 is 1.31 bits per heavy atom. The zero-order valence-electron chi connectivity index (χ0n) is 20.7. The third kappa shape index (κ3) is 5.28. The number of hydrogen-bond donors (Lipinski definition) is 3. The fourth-order valence-corrected chi connectivity index (χ4v) is 4.27. The Balaban J connectivity index is 1.89. The number of amides is 1. The number of hydrogen-bond acceptors (Lipinski definition) is 10. The highest BCUT2D eigenvalue weighted by Crippen LogP contribution is 2.42. The molecule has 0 saturated carbocycles. The van der Waals surface area contributed by atoms with Crippen molar-refractivity contribution in [2.24, 2.45) is 5.92 Å². The van der Waals surface area contributed by atoms with Crippen LogP contribution in [0.3, 0.4) is 0 Å². The highest BCUT2D eigenvalue weighted by atomic mass is 16.6. The van der Waals surface area contributed by atoms with Gasteiger partial charge in [0.1, 0.15) is 30.1 Å². The molecule has 3 rings (SSSR count). The van der Waals surface area contributed by atoms with E-state index in [1.54, 1.807) is 6.07 Å². The number of nitriles is 1. The lowest BCUT2D eigenvalue weighted by atomic mass is 9.92. The van der Waals surface area contributed by atoms with Gasteiger partial charge in [0.05, 0.1) is 24.8 Å². The van der Waals surface area contributed by atoms with Crippen molar-refractivity contribution in [3.63, 3.8) is 0 Å². The van der Waals surface area contributed by atoms with Crippen molar-refractivity contribution < 1.29 is 34.0 Å². The van der Waals surface area contributed by atoms with Crippen molar-refractivity contribution in [2.45, 2.75) is 76.8 Å². The van der Waals surface area contributed by atoms with Gasteiger partial charge in [-0.15, -0.1) is 0 Å². The second-order valence-electron chi connectivity index (χ2n) is 8.64. The van der Waals surface area contributed by atoms with Crippen molar-refractivity contribution in [3.8, 4) is 6.07 Å². The number of esters is 1. The minimum Gasteiger partial charge on any atom is -0.456 e. The lowest BCUT2D eigenvalue weighted by molar-refractivity contribution is -0.161. The number of nitrogens with zero attached hydrogens (tertiary/aromatic N) is 4. The van der Waals surface area contributed by atoms with Crippen LogP contribution in [0.4, 0.5) is 10.6 Å². The standard InChI is InChI=1S/C24H33N5O7/c1-4-7-8-11-34-23(33)28-21-16-9-10-18(29(16)27-14-26-21)24(13-25)20(31)19(17(12-30)36-24)35-22(32)15(5-2)6-3/h9-10,14-15,17,19-20,30-31H,4-8,11-12H2,1-3H3,(H,26,27,28,33)/t17-,19-,20-,24+/m1/s1. The molecular weight excluding hydrogens is 470 g/mol. The Bertz CT molecular complexity index is 1100. The molecule has 0 unspecified atom stereocenters. The van der Waals surface area contributed by atoms with Gasteiger partial charge in [-0.3, -0.25) is 10.1 Å². The van der Waals surface area contributed by atoms with E-state index < -0.39 is 42.6 Å². The molecule has 0 bridgehead atoms. The summed E-state index contributed by atoms with van der Waals surface area (Å²) >= 11 is 0. The molecule has 12 nitrogen and oxygen atoms in total. The molecule has 4 atom stereocenters. The summed E-state index contributed by atoms with van der Waals surface area (Å²) in [5.41, 5.74) is -1.57. The first-order valence-electron chi connectivity index (χ1n) is 12.2. The highest BCUT2D eigenvalue weighted by molar-refractivity contribution is 5.88. The van der Waals surface area contributed by atoms with E-state index in [4.69, 9.17) is 14.2 Å². The normalized spacial score (nSPS) is 23.5. The molecule has 0 aromatic carbocycles. The van der Waals surface area contributed by atoms with Crippen LogP contribution in [0.1, 0.15) is 58.6 Å². The van der Waals surface area contributed by atoms with Gasteiger partial charge in [-0.05, 0) is 31.4 Å². The van der Waals surface area contributed by atoms with Gasteiger partial charge >= 0.3 is 12.1 Å². The number of carbonyl (C=O) groups is 2. The number of rotatable bonds is 11. The zero-order chi connectivity index (χ0) is 26.3. The highest BCUT2D eigenvalue weighted by Gasteiger charge is 2.59. The van der Waals surface area contributed by atoms with Crippen LogP contribution < -0.4 is 5.32 Å². The first kappa shape index (κ1) is 27.3. The predicted octanol–water partition coefficient (Wildman–Crippen LogP) is 2.29. The first-order chi connectivity index (χ1) is 17.4. The maximum atomic E-state index is 12.6. The Labute approximate surface area is 209 Å². The van der Waals surface area contributed by atoms with E-state index in [1.807, 2.05) is 26.8 Å². The molecule has 0 spiro atoms. The summed E-state index contributed by atoms with van der Waals surface area (Å²) in [4.78, 5) is 28.9. The molecule has 12 heteroatoms. The number of aliphatic hydroxyl groups excluding tert-OH is 2. The topological polar surface area (TPSA) is 168 Å². The summed E-state index contributed by atoms with van der Waals surface area (Å²) in [6.45, 7) is 5.42. The van der Waals surface area contributed by atoms with Crippen molar-refractivity contribution in [1.29, 1.82) is 5.26 Å². The van der Waals surface area contributed by atoms with Crippen LogP contribution in [-0.2, 0) is 24.6 Å². The van der Waals surface area contributed by atoms with Gasteiger partial charge in [0.2, 0.25) is 5.60 Å². The molecule has 1 aliphatic heterocycles. The second kappa shape index (κ2) is 12.1. The molecule has 0 aliphatic carbocycles. The van der Waals surface area contributed by atoms with Gasteiger partial charge < -0.3 is 24.4 Å². The summed E-state index contributed by atoms with van der Waals surface area (Å²) in [6, 6.07) is 5.02. The molecule has 1 saturated heterocycles. The number of anilines is 1. The molecule has 196 valence electrons. The molecule has 3 N–H and O–H groups in total. The maximum Gasteiger partial charge on any atom is 0.412 e. The molecule has 1 aliphatic rings. The maximum absolute atomic E-state index is 12.6. The Morgan fingerprint density at radius 2 is 2.06 bits per heavy atom. The molecule has 36 heavy (non-hydrogen) atoms. The van der Waals surface area contributed by atoms with Gasteiger partial charge in [-0.25, -0.2) is 14.3 Å². The van der Waals surface area contributed by atoms with Crippen LogP contribution >= 0.6 is 0 Å². The average Bonchev–Trinajstić information content (AvgIpc) is 3.43.